The summed E-state index contributed by atoms with van der Waals surface area (Å²) in [6.45, 7) is 5.08. The maximum Gasteiger partial charge on any atom is 0.227 e. The van der Waals surface area contributed by atoms with Gasteiger partial charge < -0.3 is 20.4 Å². The second-order valence-corrected chi connectivity index (χ2v) is 10.4. The number of carbonyl (C=O) groups excluding carboxylic acids is 2. The van der Waals surface area contributed by atoms with Crippen molar-refractivity contribution in [2.24, 2.45) is 0 Å². The Morgan fingerprint density at radius 3 is 2.15 bits per heavy atom. The van der Waals surface area contributed by atoms with E-state index in [0.29, 0.717) is 62.4 Å². The molecule has 0 bridgehead atoms. The van der Waals surface area contributed by atoms with E-state index in [1.54, 1.807) is 0 Å². The number of benzene rings is 3. The molecular formula is C32H33ClN6O2. The monoisotopic (exact) mass is 568 g/mol. The van der Waals surface area contributed by atoms with E-state index in [0.717, 1.165) is 28.1 Å². The van der Waals surface area contributed by atoms with E-state index in [1.165, 1.54) is 6.92 Å². The number of nitrogens with one attached hydrogen (secondary N) is 2. The van der Waals surface area contributed by atoms with Gasteiger partial charge >= 0.3 is 0 Å². The van der Waals surface area contributed by atoms with Crippen molar-refractivity contribution in [3.63, 3.8) is 0 Å². The Morgan fingerprint density at radius 2 is 1.46 bits per heavy atom. The van der Waals surface area contributed by atoms with Crippen LogP contribution in [-0.2, 0) is 16.0 Å². The summed E-state index contributed by atoms with van der Waals surface area (Å²) < 4.78 is 0. The molecule has 0 saturated carbocycles. The molecule has 4 aromatic rings. The molecule has 2 amide bonds. The van der Waals surface area contributed by atoms with Crippen LogP contribution in [0.4, 0.5) is 11.6 Å². The van der Waals surface area contributed by atoms with Crippen molar-refractivity contribution in [1.82, 2.24) is 20.2 Å². The van der Waals surface area contributed by atoms with Gasteiger partial charge in [-0.15, -0.1) is 0 Å². The summed E-state index contributed by atoms with van der Waals surface area (Å²) in [4.78, 5) is 38.0. The molecule has 2 N–H and O–H groups in total. The second-order valence-electron chi connectivity index (χ2n) is 9.96. The third kappa shape index (κ3) is 7.61. The van der Waals surface area contributed by atoms with Crippen LogP contribution in [0.2, 0.25) is 5.02 Å². The first-order chi connectivity index (χ1) is 19.9. The Bertz CT molecular complexity index is 1470. The zero-order chi connectivity index (χ0) is 28.6. The third-order valence-electron chi connectivity index (χ3n) is 6.99. The highest BCUT2D eigenvalue weighted by molar-refractivity contribution is 6.30. The Kier molecular flexibility index (Phi) is 9.11. The lowest BCUT2D eigenvalue weighted by atomic mass is 10.0. The first-order valence-corrected chi connectivity index (χ1v) is 14.1. The summed E-state index contributed by atoms with van der Waals surface area (Å²) in [6.07, 6.45) is 0.381. The van der Waals surface area contributed by atoms with E-state index in [1.807, 2.05) is 65.6 Å². The molecule has 41 heavy (non-hydrogen) atoms. The number of nitrogens with zero attached hydrogens (tertiary/aromatic N) is 4. The van der Waals surface area contributed by atoms with E-state index in [9.17, 15) is 9.59 Å². The topological polar surface area (TPSA) is 90.5 Å². The molecule has 2 heterocycles. The van der Waals surface area contributed by atoms with Crippen LogP contribution in [0.25, 0.3) is 22.5 Å². The van der Waals surface area contributed by atoms with Gasteiger partial charge in [0.15, 0.2) is 5.82 Å². The lowest BCUT2D eigenvalue weighted by molar-refractivity contribution is -0.130. The summed E-state index contributed by atoms with van der Waals surface area (Å²) in [5, 5.41) is 6.71. The second kappa shape index (κ2) is 13.3. The summed E-state index contributed by atoms with van der Waals surface area (Å²) >= 11 is 6.09. The van der Waals surface area contributed by atoms with Crippen molar-refractivity contribution in [2.75, 3.05) is 49.5 Å². The van der Waals surface area contributed by atoms with E-state index in [2.05, 4.69) is 39.8 Å². The zero-order valence-electron chi connectivity index (χ0n) is 23.0. The van der Waals surface area contributed by atoms with Crippen LogP contribution >= 0.6 is 11.6 Å². The normalized spacial score (nSPS) is 13.1. The molecule has 1 aliphatic heterocycles. The van der Waals surface area contributed by atoms with E-state index < -0.39 is 0 Å². The lowest BCUT2D eigenvalue weighted by Gasteiger charge is -2.35. The maximum absolute atomic E-state index is 13.1. The molecular weight excluding hydrogens is 536 g/mol. The molecule has 8 nitrogen and oxygen atoms in total. The van der Waals surface area contributed by atoms with Gasteiger partial charge in [-0.1, -0.05) is 66.2 Å². The first-order valence-electron chi connectivity index (χ1n) is 13.7. The minimum Gasteiger partial charge on any atom is -0.368 e. The minimum atomic E-state index is -0.0753. The number of piperazine rings is 1. The molecule has 3 aromatic carbocycles. The molecule has 210 valence electrons. The number of anilines is 2. The fraction of sp³-hybridized carbons (Fsp3) is 0.250. The molecule has 5 rings (SSSR count). The van der Waals surface area contributed by atoms with Crippen LogP contribution < -0.4 is 15.5 Å². The van der Waals surface area contributed by atoms with Crippen LogP contribution in [0.15, 0.2) is 84.9 Å². The Labute approximate surface area is 245 Å². The Morgan fingerprint density at radius 1 is 0.805 bits per heavy atom. The fourth-order valence-corrected chi connectivity index (χ4v) is 4.89. The smallest absolute Gasteiger partial charge is 0.227 e. The number of hydrogen-bond acceptors (Lipinski definition) is 6. The van der Waals surface area contributed by atoms with Crippen LogP contribution in [0, 0.1) is 0 Å². The molecule has 9 heteroatoms. The quantitative estimate of drug-likeness (QED) is 0.279. The van der Waals surface area contributed by atoms with Crippen LogP contribution in [0.5, 0.6) is 0 Å². The molecule has 1 saturated heterocycles. The standard InChI is InChI=1S/C32H33ClN6O2/c1-23(40)34-15-16-35-29-22-30(37-32(36-29)27-11-13-28(33)14-12-27)38-17-19-39(20-18-38)31(41)21-24-7-9-26(10-8-24)25-5-3-2-4-6-25/h2-14,22H,15-21H2,1H3,(H,34,40)(H,35,36,37). The highest BCUT2D eigenvalue weighted by Gasteiger charge is 2.23. The summed E-state index contributed by atoms with van der Waals surface area (Å²) in [5.41, 5.74) is 4.17. The predicted octanol–water partition coefficient (Wildman–Crippen LogP) is 4.90. The molecule has 1 aromatic heterocycles. The van der Waals surface area contributed by atoms with Gasteiger partial charge in [-0.25, -0.2) is 9.97 Å². The van der Waals surface area contributed by atoms with Gasteiger partial charge in [-0.2, -0.15) is 0 Å². The van der Waals surface area contributed by atoms with E-state index in [-0.39, 0.29) is 11.8 Å². The van der Waals surface area contributed by atoms with E-state index in [4.69, 9.17) is 21.6 Å². The van der Waals surface area contributed by atoms with Crippen molar-refractivity contribution in [1.29, 1.82) is 0 Å². The fourth-order valence-electron chi connectivity index (χ4n) is 4.76. The number of aromatic nitrogens is 2. The number of hydrogen-bond donors (Lipinski definition) is 2. The molecule has 0 unspecified atom stereocenters. The average molecular weight is 569 g/mol. The number of halogens is 1. The molecule has 0 atom stereocenters. The van der Waals surface area contributed by atoms with Crippen molar-refractivity contribution in [3.8, 4) is 22.5 Å². The molecule has 1 aliphatic rings. The maximum atomic E-state index is 13.1. The number of carbonyl (C=O) groups is 2. The SMILES string of the molecule is CC(=O)NCCNc1cc(N2CCN(C(=O)Cc3ccc(-c4ccccc4)cc3)CC2)nc(-c2ccc(Cl)cc2)n1. The lowest BCUT2D eigenvalue weighted by Crippen LogP contribution is -2.49. The Balaban J connectivity index is 1.23. The van der Waals surface area contributed by atoms with Crippen molar-refractivity contribution in [3.05, 3.63) is 95.5 Å². The summed E-state index contributed by atoms with van der Waals surface area (Å²) in [7, 11) is 0. The van der Waals surface area contributed by atoms with Gasteiger partial charge in [-0.3, -0.25) is 9.59 Å². The van der Waals surface area contributed by atoms with Gasteiger partial charge in [0.2, 0.25) is 11.8 Å². The van der Waals surface area contributed by atoms with Crippen LogP contribution in [0.3, 0.4) is 0 Å². The predicted molar refractivity (Wildman–Crippen MR) is 164 cm³/mol. The van der Waals surface area contributed by atoms with Crippen LogP contribution in [-0.4, -0.2) is 66.0 Å². The molecule has 0 aliphatic carbocycles. The largest absolute Gasteiger partial charge is 0.368 e. The van der Waals surface area contributed by atoms with Gasteiger partial charge in [0, 0.05) is 62.8 Å². The highest BCUT2D eigenvalue weighted by atomic mass is 35.5. The summed E-state index contributed by atoms with van der Waals surface area (Å²) in [5.74, 6) is 2.09. The van der Waals surface area contributed by atoms with Crippen molar-refractivity contribution >= 4 is 35.1 Å². The number of amides is 2. The zero-order valence-corrected chi connectivity index (χ0v) is 23.8. The summed E-state index contributed by atoms with van der Waals surface area (Å²) in [6, 6.07) is 27.8. The first kappa shape index (κ1) is 28.1. The minimum absolute atomic E-state index is 0.0753. The van der Waals surface area contributed by atoms with Crippen molar-refractivity contribution < 1.29 is 9.59 Å². The molecule has 0 radical (unpaired) electrons. The van der Waals surface area contributed by atoms with Crippen LogP contribution in [0.1, 0.15) is 12.5 Å². The average Bonchev–Trinajstić information content (AvgIpc) is 3.00. The van der Waals surface area contributed by atoms with Gasteiger partial charge in [0.05, 0.1) is 6.42 Å². The Hall–Kier alpha value is -4.43. The van der Waals surface area contributed by atoms with E-state index >= 15 is 0 Å². The van der Waals surface area contributed by atoms with Gasteiger partial charge in [0.25, 0.3) is 0 Å². The highest BCUT2D eigenvalue weighted by Crippen LogP contribution is 2.25. The number of rotatable bonds is 9. The third-order valence-corrected chi connectivity index (χ3v) is 7.24. The van der Waals surface area contributed by atoms with Gasteiger partial charge in [0.1, 0.15) is 11.6 Å². The van der Waals surface area contributed by atoms with Crippen molar-refractivity contribution in [2.45, 2.75) is 13.3 Å². The molecule has 1 fully saturated rings. The van der Waals surface area contributed by atoms with Gasteiger partial charge in [-0.05, 0) is 41.0 Å². The molecule has 0 spiro atoms.